The molecule has 0 bridgehead atoms. The molecule has 0 atom stereocenters. The number of benzene rings is 3. The van der Waals surface area contributed by atoms with E-state index >= 15 is 0 Å². The van der Waals surface area contributed by atoms with E-state index in [9.17, 15) is 22.8 Å². The SMILES string of the molecule is O=C(CCN1CCC(OC(=O)Nc2ccccc2-c2ccccc2)CC1)NCCCCCNCc1ccc(OC(F)(F)F)cc1. The van der Waals surface area contributed by atoms with E-state index in [-0.39, 0.29) is 17.8 Å². The normalized spacial score (nSPS) is 14.1. The maximum atomic E-state index is 12.6. The maximum absolute atomic E-state index is 12.6. The van der Waals surface area contributed by atoms with Crippen molar-refractivity contribution in [2.75, 3.05) is 38.0 Å². The molecule has 1 heterocycles. The van der Waals surface area contributed by atoms with Crippen LogP contribution in [0.3, 0.4) is 0 Å². The molecular formula is C34H41F3N4O4. The molecule has 3 aromatic rings. The van der Waals surface area contributed by atoms with Crippen molar-refractivity contribution in [1.82, 2.24) is 15.5 Å². The number of hydrogen-bond acceptors (Lipinski definition) is 6. The molecule has 2 amide bonds. The quantitative estimate of drug-likeness (QED) is 0.162. The second-order valence-electron chi connectivity index (χ2n) is 11.0. The fourth-order valence-electron chi connectivity index (χ4n) is 5.17. The molecule has 1 aliphatic rings. The van der Waals surface area contributed by atoms with E-state index in [0.717, 1.165) is 68.4 Å². The Hall–Kier alpha value is -4.09. The van der Waals surface area contributed by atoms with Crippen molar-refractivity contribution in [2.24, 2.45) is 0 Å². The van der Waals surface area contributed by atoms with Gasteiger partial charge in [-0.15, -0.1) is 13.2 Å². The Kier molecular flexibility index (Phi) is 13.1. The van der Waals surface area contributed by atoms with E-state index in [1.807, 2.05) is 54.6 Å². The largest absolute Gasteiger partial charge is 0.573 e. The third-order valence-electron chi connectivity index (χ3n) is 7.55. The lowest BCUT2D eigenvalue weighted by atomic mass is 10.0. The Balaban J connectivity index is 1.01. The molecule has 0 unspecified atom stereocenters. The number of halogens is 3. The summed E-state index contributed by atoms with van der Waals surface area (Å²) in [5.74, 6) is -0.202. The van der Waals surface area contributed by atoms with Gasteiger partial charge in [0.1, 0.15) is 11.9 Å². The summed E-state index contributed by atoms with van der Waals surface area (Å²) in [6.07, 6.45) is -0.681. The van der Waals surface area contributed by atoms with E-state index in [1.54, 1.807) is 12.1 Å². The number of rotatable bonds is 15. The highest BCUT2D eigenvalue weighted by Gasteiger charge is 2.31. The van der Waals surface area contributed by atoms with Gasteiger partial charge in [-0.3, -0.25) is 10.1 Å². The zero-order valence-corrected chi connectivity index (χ0v) is 25.3. The highest BCUT2D eigenvalue weighted by Crippen LogP contribution is 2.28. The number of para-hydroxylation sites is 1. The first-order valence-corrected chi connectivity index (χ1v) is 15.4. The van der Waals surface area contributed by atoms with Crippen LogP contribution in [-0.2, 0) is 16.1 Å². The zero-order valence-electron chi connectivity index (χ0n) is 25.3. The summed E-state index contributed by atoms with van der Waals surface area (Å²) in [5.41, 5.74) is 3.54. The minimum atomic E-state index is -4.69. The summed E-state index contributed by atoms with van der Waals surface area (Å²) in [7, 11) is 0. The lowest BCUT2D eigenvalue weighted by molar-refractivity contribution is -0.274. The first-order valence-electron chi connectivity index (χ1n) is 15.4. The predicted octanol–water partition coefficient (Wildman–Crippen LogP) is 6.73. The van der Waals surface area contributed by atoms with Crippen molar-refractivity contribution < 1.29 is 32.2 Å². The van der Waals surface area contributed by atoms with Crippen LogP contribution in [-0.4, -0.2) is 62.1 Å². The van der Waals surface area contributed by atoms with E-state index < -0.39 is 12.5 Å². The predicted molar refractivity (Wildman–Crippen MR) is 168 cm³/mol. The van der Waals surface area contributed by atoms with Crippen molar-refractivity contribution in [2.45, 2.75) is 57.5 Å². The van der Waals surface area contributed by atoms with E-state index in [4.69, 9.17) is 4.74 Å². The van der Waals surface area contributed by atoms with Crippen LogP contribution in [0.2, 0.25) is 0 Å². The summed E-state index contributed by atoms with van der Waals surface area (Å²) >= 11 is 0. The first-order chi connectivity index (χ1) is 21.7. The van der Waals surface area contributed by atoms with E-state index in [2.05, 4.69) is 25.6 Å². The molecule has 45 heavy (non-hydrogen) atoms. The van der Waals surface area contributed by atoms with Crippen molar-refractivity contribution >= 4 is 17.7 Å². The molecule has 8 nitrogen and oxygen atoms in total. The Morgan fingerprint density at radius 3 is 2.27 bits per heavy atom. The van der Waals surface area contributed by atoms with Gasteiger partial charge in [0, 0.05) is 44.7 Å². The minimum absolute atomic E-state index is 0.0286. The van der Waals surface area contributed by atoms with Gasteiger partial charge in [-0.2, -0.15) is 0 Å². The van der Waals surface area contributed by atoms with Crippen molar-refractivity contribution in [3.63, 3.8) is 0 Å². The Morgan fingerprint density at radius 2 is 1.53 bits per heavy atom. The number of likely N-dealkylation sites (tertiary alicyclic amines) is 1. The van der Waals surface area contributed by atoms with Gasteiger partial charge >= 0.3 is 12.5 Å². The molecule has 1 saturated heterocycles. The van der Waals surface area contributed by atoms with Crippen LogP contribution in [0.4, 0.5) is 23.7 Å². The lowest BCUT2D eigenvalue weighted by Crippen LogP contribution is -2.40. The van der Waals surface area contributed by atoms with Crippen LogP contribution in [0.15, 0.2) is 78.9 Å². The number of unbranched alkanes of at least 4 members (excludes halogenated alkanes) is 2. The number of hydrogen-bond donors (Lipinski definition) is 3. The monoisotopic (exact) mass is 626 g/mol. The van der Waals surface area contributed by atoms with Gasteiger partial charge in [-0.1, -0.05) is 67.1 Å². The fraction of sp³-hybridized carbons (Fsp3) is 0.412. The summed E-state index contributed by atoms with van der Waals surface area (Å²) in [4.78, 5) is 27.1. The molecule has 242 valence electrons. The number of anilines is 1. The molecule has 0 saturated carbocycles. The highest BCUT2D eigenvalue weighted by atomic mass is 19.4. The van der Waals surface area contributed by atoms with E-state index in [0.29, 0.717) is 31.7 Å². The minimum Gasteiger partial charge on any atom is -0.446 e. The zero-order chi connectivity index (χ0) is 31.9. The first kappa shape index (κ1) is 33.8. The molecule has 11 heteroatoms. The third-order valence-corrected chi connectivity index (χ3v) is 7.55. The molecule has 3 aromatic carbocycles. The maximum Gasteiger partial charge on any atom is 0.573 e. The molecule has 1 fully saturated rings. The van der Waals surface area contributed by atoms with Crippen LogP contribution in [0.25, 0.3) is 11.1 Å². The molecule has 0 aliphatic carbocycles. The van der Waals surface area contributed by atoms with Crippen LogP contribution in [0.5, 0.6) is 5.75 Å². The number of nitrogens with one attached hydrogen (secondary N) is 3. The topological polar surface area (TPSA) is 91.9 Å². The van der Waals surface area contributed by atoms with Gasteiger partial charge in [0.05, 0.1) is 5.69 Å². The van der Waals surface area contributed by atoms with Crippen molar-refractivity contribution in [1.29, 1.82) is 0 Å². The number of amides is 2. The standard InChI is InChI=1S/C34H41F3N4O4/c35-34(36,37)45-29-15-13-26(14-16-29)25-38-20-7-2-8-21-39-32(42)19-24-41-22-17-28(18-23-41)44-33(43)40-31-12-6-5-11-30(31)27-9-3-1-4-10-27/h1,3-6,9-16,28,38H,2,7-8,17-25H2,(H,39,42)(H,40,43). The molecular weight excluding hydrogens is 585 g/mol. The Bertz CT molecular complexity index is 1330. The number of nitrogens with zero attached hydrogens (tertiary/aromatic N) is 1. The number of alkyl halides is 3. The molecule has 4 rings (SSSR count). The summed E-state index contributed by atoms with van der Waals surface area (Å²) in [6, 6.07) is 23.3. The Labute approximate surface area is 262 Å². The number of carbonyl (C=O) groups excluding carboxylic acids is 2. The number of carbonyl (C=O) groups is 2. The van der Waals surface area contributed by atoms with Crippen LogP contribution >= 0.6 is 0 Å². The second kappa shape index (κ2) is 17.4. The molecule has 0 spiro atoms. The summed E-state index contributed by atoms with van der Waals surface area (Å²) < 4.78 is 46.3. The van der Waals surface area contributed by atoms with Gasteiger partial charge in [-0.05, 0) is 61.6 Å². The summed E-state index contributed by atoms with van der Waals surface area (Å²) in [5, 5.41) is 9.15. The lowest BCUT2D eigenvalue weighted by Gasteiger charge is -2.31. The van der Waals surface area contributed by atoms with Gasteiger partial charge in [0.2, 0.25) is 5.91 Å². The van der Waals surface area contributed by atoms with Crippen LogP contribution in [0.1, 0.15) is 44.1 Å². The van der Waals surface area contributed by atoms with Gasteiger partial charge < -0.3 is 25.0 Å². The average Bonchev–Trinajstić information content (AvgIpc) is 3.02. The van der Waals surface area contributed by atoms with Gasteiger partial charge in [0.25, 0.3) is 0 Å². The third kappa shape index (κ3) is 12.4. The van der Waals surface area contributed by atoms with Gasteiger partial charge in [0.15, 0.2) is 0 Å². The van der Waals surface area contributed by atoms with Crippen LogP contribution in [0, 0.1) is 0 Å². The average molecular weight is 627 g/mol. The molecule has 3 N–H and O–H groups in total. The van der Waals surface area contributed by atoms with Gasteiger partial charge in [-0.25, -0.2) is 4.79 Å². The van der Waals surface area contributed by atoms with Crippen LogP contribution < -0.4 is 20.7 Å². The number of piperidine rings is 1. The fourth-order valence-corrected chi connectivity index (χ4v) is 5.17. The Morgan fingerprint density at radius 1 is 0.844 bits per heavy atom. The van der Waals surface area contributed by atoms with E-state index in [1.165, 1.54) is 12.1 Å². The number of ether oxygens (including phenoxy) is 2. The van der Waals surface area contributed by atoms with Crippen molar-refractivity contribution in [3.8, 4) is 16.9 Å². The highest BCUT2D eigenvalue weighted by molar-refractivity contribution is 5.91. The van der Waals surface area contributed by atoms with Crippen molar-refractivity contribution in [3.05, 3.63) is 84.4 Å². The summed E-state index contributed by atoms with van der Waals surface area (Å²) in [6.45, 7) is 4.16. The molecule has 0 aromatic heterocycles. The second-order valence-corrected chi connectivity index (χ2v) is 11.0. The molecule has 1 aliphatic heterocycles. The molecule has 0 radical (unpaired) electrons. The smallest absolute Gasteiger partial charge is 0.446 e.